The molecule has 2 atom stereocenters. The predicted octanol–water partition coefficient (Wildman–Crippen LogP) is 5.35. The second-order valence-corrected chi connectivity index (χ2v) is 11.6. The van der Waals surface area contributed by atoms with Gasteiger partial charge in [-0.3, -0.25) is 9.71 Å². The maximum absolute atomic E-state index is 11.7. The number of aryl methyl sites for hydroxylation is 2. The number of aromatic nitrogens is 2. The van der Waals surface area contributed by atoms with Crippen molar-refractivity contribution < 1.29 is 8.42 Å². The van der Waals surface area contributed by atoms with Gasteiger partial charge in [-0.25, -0.2) is 8.42 Å². The number of benzene rings is 2. The Morgan fingerprint density at radius 3 is 2.35 bits per heavy atom. The molecule has 2 aromatic heterocycles. The van der Waals surface area contributed by atoms with Crippen LogP contribution in [0.3, 0.4) is 0 Å². The molecule has 190 valence electrons. The lowest BCUT2D eigenvalue weighted by Crippen LogP contribution is -2.29. The average molecular weight is 532 g/mol. The van der Waals surface area contributed by atoms with Crippen molar-refractivity contribution in [1.82, 2.24) is 14.9 Å². The van der Waals surface area contributed by atoms with E-state index in [4.69, 9.17) is 12.2 Å². The third-order valence-corrected chi connectivity index (χ3v) is 7.52. The molecule has 1 aliphatic heterocycles. The van der Waals surface area contributed by atoms with Crippen LogP contribution in [-0.2, 0) is 10.0 Å². The molecule has 5 rings (SSSR count). The first kappa shape index (κ1) is 25.0. The zero-order chi connectivity index (χ0) is 26.3. The fourth-order valence-electron chi connectivity index (χ4n) is 5.10. The summed E-state index contributed by atoms with van der Waals surface area (Å²) in [5, 5.41) is 4.09. The van der Waals surface area contributed by atoms with Gasteiger partial charge in [0.2, 0.25) is 10.0 Å². The standard InChI is InChI=1S/C28H29N5O2S2/c1-18-8-7-9-23(16-18)32-19(2)17-24(20(32)3)27-26(25-10-5-6-15-29-25)30-28(36)33(27)22-13-11-21(12-14-22)31-37(4,34)35/h5-17,26-27,31H,1-4H3,(H,30,36). The summed E-state index contributed by atoms with van der Waals surface area (Å²) in [7, 11) is -3.37. The van der Waals surface area contributed by atoms with E-state index in [0.717, 1.165) is 40.3 Å². The van der Waals surface area contributed by atoms with E-state index in [-0.39, 0.29) is 12.1 Å². The molecule has 1 saturated heterocycles. The van der Waals surface area contributed by atoms with Crippen molar-refractivity contribution in [1.29, 1.82) is 0 Å². The van der Waals surface area contributed by atoms with Crippen LogP contribution in [0.5, 0.6) is 0 Å². The van der Waals surface area contributed by atoms with E-state index in [9.17, 15) is 8.42 Å². The van der Waals surface area contributed by atoms with Crippen LogP contribution < -0.4 is 14.9 Å². The van der Waals surface area contributed by atoms with Gasteiger partial charge in [0.15, 0.2) is 5.11 Å². The molecule has 0 radical (unpaired) electrons. The highest BCUT2D eigenvalue weighted by atomic mass is 32.2. The Morgan fingerprint density at radius 1 is 0.946 bits per heavy atom. The number of thiocarbonyl (C=S) groups is 1. The number of sulfonamides is 1. The van der Waals surface area contributed by atoms with Crippen molar-refractivity contribution in [3.63, 3.8) is 0 Å². The molecule has 4 aromatic rings. The Hall–Kier alpha value is -3.69. The van der Waals surface area contributed by atoms with Gasteiger partial charge in [-0.05, 0) is 98.7 Å². The van der Waals surface area contributed by atoms with E-state index >= 15 is 0 Å². The highest BCUT2D eigenvalue weighted by molar-refractivity contribution is 7.92. The lowest BCUT2D eigenvalue weighted by Gasteiger charge is -2.28. The monoisotopic (exact) mass is 531 g/mol. The third-order valence-electron chi connectivity index (χ3n) is 6.60. The smallest absolute Gasteiger partial charge is 0.229 e. The normalized spacial score (nSPS) is 17.6. The molecule has 0 bridgehead atoms. The topological polar surface area (TPSA) is 79.3 Å². The first-order valence-corrected chi connectivity index (χ1v) is 14.3. The number of anilines is 2. The Balaban J connectivity index is 1.63. The molecule has 2 aromatic carbocycles. The van der Waals surface area contributed by atoms with Crippen molar-refractivity contribution in [2.45, 2.75) is 32.9 Å². The number of pyridine rings is 1. The van der Waals surface area contributed by atoms with Gasteiger partial charge in [0.1, 0.15) is 0 Å². The summed E-state index contributed by atoms with van der Waals surface area (Å²) in [4.78, 5) is 6.75. The van der Waals surface area contributed by atoms with Crippen LogP contribution in [0, 0.1) is 20.8 Å². The molecule has 1 aliphatic rings. The zero-order valence-corrected chi connectivity index (χ0v) is 22.8. The van der Waals surface area contributed by atoms with Crippen molar-refractivity contribution in [2.24, 2.45) is 0 Å². The van der Waals surface area contributed by atoms with Gasteiger partial charge in [0.25, 0.3) is 0 Å². The van der Waals surface area contributed by atoms with Gasteiger partial charge in [-0.2, -0.15) is 0 Å². The first-order chi connectivity index (χ1) is 17.6. The van der Waals surface area contributed by atoms with Crippen LogP contribution >= 0.6 is 12.2 Å². The lowest BCUT2D eigenvalue weighted by molar-refractivity contribution is 0.565. The molecule has 0 aliphatic carbocycles. The summed E-state index contributed by atoms with van der Waals surface area (Å²) in [5.41, 5.74) is 7.97. The van der Waals surface area contributed by atoms with Crippen molar-refractivity contribution in [3.05, 3.63) is 107 Å². The van der Waals surface area contributed by atoms with Crippen molar-refractivity contribution in [3.8, 4) is 5.69 Å². The van der Waals surface area contributed by atoms with Crippen LogP contribution in [0.4, 0.5) is 11.4 Å². The highest BCUT2D eigenvalue weighted by Gasteiger charge is 2.42. The predicted molar refractivity (Wildman–Crippen MR) is 153 cm³/mol. The average Bonchev–Trinajstić information content (AvgIpc) is 3.34. The molecule has 37 heavy (non-hydrogen) atoms. The summed E-state index contributed by atoms with van der Waals surface area (Å²) in [6.07, 6.45) is 2.93. The molecule has 0 amide bonds. The Morgan fingerprint density at radius 2 is 1.70 bits per heavy atom. The number of nitrogens with zero attached hydrogens (tertiary/aromatic N) is 3. The van der Waals surface area contributed by atoms with Crippen molar-refractivity contribution >= 4 is 38.7 Å². The second kappa shape index (κ2) is 9.64. The van der Waals surface area contributed by atoms with E-state index in [1.54, 1.807) is 18.3 Å². The Bertz CT molecular complexity index is 1560. The summed E-state index contributed by atoms with van der Waals surface area (Å²) in [6, 6.07) is 23.5. The third kappa shape index (κ3) is 4.97. The zero-order valence-electron chi connectivity index (χ0n) is 21.1. The van der Waals surface area contributed by atoms with E-state index in [0.29, 0.717) is 10.8 Å². The molecule has 9 heteroatoms. The van der Waals surface area contributed by atoms with Gasteiger partial charge in [-0.15, -0.1) is 0 Å². The number of hydrogen-bond acceptors (Lipinski definition) is 4. The number of rotatable bonds is 6. The van der Waals surface area contributed by atoms with Gasteiger partial charge in [0, 0.05) is 34.6 Å². The maximum Gasteiger partial charge on any atom is 0.229 e. The van der Waals surface area contributed by atoms with E-state index in [1.165, 1.54) is 5.56 Å². The van der Waals surface area contributed by atoms with Gasteiger partial charge < -0.3 is 14.8 Å². The van der Waals surface area contributed by atoms with E-state index in [1.807, 2.05) is 30.3 Å². The number of hydrogen-bond donors (Lipinski definition) is 2. The fourth-order valence-corrected chi connectivity index (χ4v) is 6.01. The highest BCUT2D eigenvalue weighted by Crippen LogP contribution is 2.44. The van der Waals surface area contributed by atoms with Crippen LogP contribution in [0.1, 0.15) is 40.3 Å². The summed E-state index contributed by atoms with van der Waals surface area (Å²) >= 11 is 5.86. The quantitative estimate of drug-likeness (QED) is 0.327. The fraction of sp³-hybridized carbons (Fsp3) is 0.214. The van der Waals surface area contributed by atoms with E-state index < -0.39 is 10.0 Å². The van der Waals surface area contributed by atoms with Gasteiger partial charge in [0.05, 0.1) is 24.0 Å². The molecule has 2 N–H and O–H groups in total. The Kier molecular flexibility index (Phi) is 6.51. The van der Waals surface area contributed by atoms with Crippen LogP contribution in [0.25, 0.3) is 5.69 Å². The van der Waals surface area contributed by atoms with Crippen LogP contribution in [0.15, 0.2) is 79.0 Å². The number of nitrogens with one attached hydrogen (secondary N) is 2. The van der Waals surface area contributed by atoms with E-state index in [2.05, 4.69) is 75.6 Å². The minimum Gasteiger partial charge on any atom is -0.351 e. The largest absolute Gasteiger partial charge is 0.351 e. The molecular weight excluding hydrogens is 502 g/mol. The minimum atomic E-state index is -3.37. The molecule has 0 saturated carbocycles. The SMILES string of the molecule is Cc1cccc(-n2c(C)cc(C3C(c4ccccn4)NC(=S)N3c3ccc(NS(C)(=O)=O)cc3)c2C)c1. The summed E-state index contributed by atoms with van der Waals surface area (Å²) in [5.74, 6) is 0. The summed E-state index contributed by atoms with van der Waals surface area (Å²) in [6.45, 7) is 6.35. The Labute approximate surface area is 223 Å². The molecule has 7 nitrogen and oxygen atoms in total. The lowest BCUT2D eigenvalue weighted by atomic mass is 9.96. The molecule has 0 spiro atoms. The molecule has 1 fully saturated rings. The summed E-state index contributed by atoms with van der Waals surface area (Å²) < 4.78 is 28.2. The molecule has 2 unspecified atom stereocenters. The maximum atomic E-state index is 11.7. The second-order valence-electron chi connectivity index (χ2n) is 9.42. The minimum absolute atomic E-state index is 0.166. The molecule has 3 heterocycles. The van der Waals surface area contributed by atoms with Crippen LogP contribution in [-0.4, -0.2) is 29.3 Å². The molecular formula is C28H29N5O2S2. The van der Waals surface area contributed by atoms with Crippen LogP contribution in [0.2, 0.25) is 0 Å². The van der Waals surface area contributed by atoms with Gasteiger partial charge in [-0.1, -0.05) is 18.2 Å². The van der Waals surface area contributed by atoms with Crippen molar-refractivity contribution in [2.75, 3.05) is 15.9 Å². The van der Waals surface area contributed by atoms with Gasteiger partial charge >= 0.3 is 0 Å². The first-order valence-electron chi connectivity index (χ1n) is 12.0.